The zero-order valence-electron chi connectivity index (χ0n) is 15.5. The van der Waals surface area contributed by atoms with Crippen LogP contribution in [0.25, 0.3) is 0 Å². The first-order chi connectivity index (χ1) is 12.7. The van der Waals surface area contributed by atoms with Gasteiger partial charge in [-0.25, -0.2) is 0 Å². The van der Waals surface area contributed by atoms with Crippen LogP contribution >= 0.6 is 0 Å². The fraction of sp³-hybridized carbons (Fsp3) is 0.381. The molecule has 1 unspecified atom stereocenters. The summed E-state index contributed by atoms with van der Waals surface area (Å²) in [4.78, 5) is 17.8. The second-order valence-electron chi connectivity index (χ2n) is 6.50. The molecule has 2 aromatic carbocycles. The molecule has 1 aliphatic rings. The fourth-order valence-corrected chi connectivity index (χ4v) is 3.41. The largest absolute Gasteiger partial charge is 0.497 e. The maximum Gasteiger partial charge on any atom is 0.246 e. The third-order valence-corrected chi connectivity index (χ3v) is 4.92. The lowest BCUT2D eigenvalue weighted by molar-refractivity contribution is -0.122. The number of rotatable bonds is 6. The van der Waals surface area contributed by atoms with E-state index in [1.54, 1.807) is 7.11 Å². The van der Waals surface area contributed by atoms with Gasteiger partial charge in [0.2, 0.25) is 5.91 Å². The normalized spacial score (nSPS) is 16.8. The molecule has 1 atom stereocenters. The van der Waals surface area contributed by atoms with Crippen molar-refractivity contribution >= 4 is 11.6 Å². The number of carbonyl (C=O) groups excluding carboxylic acids is 1. The first kappa shape index (κ1) is 18.4. The van der Waals surface area contributed by atoms with E-state index in [1.165, 1.54) is 0 Å². The molecule has 1 N–H and O–H groups in total. The Morgan fingerprint density at radius 3 is 2.46 bits per heavy atom. The van der Waals surface area contributed by atoms with Crippen molar-refractivity contribution in [2.45, 2.75) is 13.0 Å². The van der Waals surface area contributed by atoms with Gasteiger partial charge in [0.05, 0.1) is 7.11 Å². The van der Waals surface area contributed by atoms with Crippen LogP contribution in [0.15, 0.2) is 54.6 Å². The van der Waals surface area contributed by atoms with Gasteiger partial charge in [-0.1, -0.05) is 43.3 Å². The maximum absolute atomic E-state index is 13.2. The van der Waals surface area contributed by atoms with Crippen molar-refractivity contribution in [3.63, 3.8) is 0 Å². The predicted molar refractivity (Wildman–Crippen MR) is 104 cm³/mol. The molecule has 1 amide bonds. The van der Waals surface area contributed by atoms with Gasteiger partial charge < -0.3 is 15.0 Å². The van der Waals surface area contributed by atoms with Gasteiger partial charge in [-0.3, -0.25) is 9.69 Å². The molecule has 0 aromatic heterocycles. The molecule has 0 aliphatic carbocycles. The molecule has 0 radical (unpaired) electrons. The number of anilines is 1. The molecule has 1 saturated heterocycles. The van der Waals surface area contributed by atoms with Crippen LogP contribution in [0.3, 0.4) is 0 Å². The molecule has 3 rings (SSSR count). The van der Waals surface area contributed by atoms with Crippen molar-refractivity contribution < 1.29 is 9.53 Å². The Bertz CT molecular complexity index is 712. The number of ether oxygens (including phenoxy) is 1. The molecule has 5 heteroatoms. The smallest absolute Gasteiger partial charge is 0.246 e. The molecule has 0 spiro atoms. The van der Waals surface area contributed by atoms with E-state index in [9.17, 15) is 4.79 Å². The van der Waals surface area contributed by atoms with E-state index in [1.807, 2.05) is 54.6 Å². The number of hydrogen-bond donors (Lipinski definition) is 1. The van der Waals surface area contributed by atoms with Crippen LogP contribution in [0.4, 0.5) is 5.69 Å². The number of piperazine rings is 1. The zero-order valence-corrected chi connectivity index (χ0v) is 15.5. The van der Waals surface area contributed by atoms with Crippen molar-refractivity contribution in [3.8, 4) is 5.75 Å². The van der Waals surface area contributed by atoms with Crippen molar-refractivity contribution in [2.75, 3.05) is 45.2 Å². The first-order valence-electron chi connectivity index (χ1n) is 9.17. The SMILES string of the molecule is CCN1CCN(C(C(=O)Nc2cccc(OC)c2)c2ccccc2)CC1. The molecule has 1 aliphatic heterocycles. The van der Waals surface area contributed by atoms with Crippen LogP contribution in [0.5, 0.6) is 5.75 Å². The molecule has 26 heavy (non-hydrogen) atoms. The Labute approximate surface area is 155 Å². The van der Waals surface area contributed by atoms with E-state index < -0.39 is 0 Å². The minimum Gasteiger partial charge on any atom is -0.497 e. The van der Waals surface area contributed by atoms with E-state index >= 15 is 0 Å². The fourth-order valence-electron chi connectivity index (χ4n) is 3.41. The highest BCUT2D eigenvalue weighted by Crippen LogP contribution is 2.25. The molecule has 1 heterocycles. The number of benzene rings is 2. The van der Waals surface area contributed by atoms with Crippen molar-refractivity contribution in [3.05, 3.63) is 60.2 Å². The van der Waals surface area contributed by atoms with Gasteiger partial charge in [0.1, 0.15) is 11.8 Å². The third kappa shape index (κ3) is 4.42. The summed E-state index contributed by atoms with van der Waals surface area (Å²) in [6.07, 6.45) is 0. The van der Waals surface area contributed by atoms with Crippen LogP contribution in [-0.4, -0.2) is 55.5 Å². The summed E-state index contributed by atoms with van der Waals surface area (Å²) in [5.74, 6) is 0.727. The molecular formula is C21H27N3O2. The van der Waals surface area contributed by atoms with Gasteiger partial charge in [-0.05, 0) is 24.2 Å². The van der Waals surface area contributed by atoms with E-state index in [0.29, 0.717) is 0 Å². The number of methoxy groups -OCH3 is 1. The summed E-state index contributed by atoms with van der Waals surface area (Å²) >= 11 is 0. The summed E-state index contributed by atoms with van der Waals surface area (Å²) in [5.41, 5.74) is 1.78. The number of likely N-dealkylation sites (N-methyl/N-ethyl adjacent to an activating group) is 1. The Morgan fingerprint density at radius 1 is 1.08 bits per heavy atom. The number of carbonyl (C=O) groups is 1. The lowest BCUT2D eigenvalue weighted by atomic mass is 10.0. The molecule has 2 aromatic rings. The van der Waals surface area contributed by atoms with E-state index in [0.717, 1.165) is 49.7 Å². The monoisotopic (exact) mass is 353 g/mol. The van der Waals surface area contributed by atoms with E-state index in [4.69, 9.17) is 4.74 Å². The molecule has 1 fully saturated rings. The molecule has 0 saturated carbocycles. The van der Waals surface area contributed by atoms with Gasteiger partial charge in [0.15, 0.2) is 0 Å². The van der Waals surface area contributed by atoms with Gasteiger partial charge in [-0.15, -0.1) is 0 Å². The summed E-state index contributed by atoms with van der Waals surface area (Å²) in [6, 6.07) is 17.2. The third-order valence-electron chi connectivity index (χ3n) is 4.92. The zero-order chi connectivity index (χ0) is 18.4. The molecule has 138 valence electrons. The quantitative estimate of drug-likeness (QED) is 0.867. The summed E-state index contributed by atoms with van der Waals surface area (Å²) < 4.78 is 5.25. The van der Waals surface area contributed by atoms with Crippen LogP contribution < -0.4 is 10.1 Å². The average Bonchev–Trinajstić information content (AvgIpc) is 2.69. The summed E-state index contributed by atoms with van der Waals surface area (Å²) in [6.45, 7) is 7.00. The highest BCUT2D eigenvalue weighted by atomic mass is 16.5. The van der Waals surface area contributed by atoms with Gasteiger partial charge in [0, 0.05) is 37.9 Å². The van der Waals surface area contributed by atoms with Crippen molar-refractivity contribution in [1.82, 2.24) is 9.80 Å². The Balaban J connectivity index is 1.80. The topological polar surface area (TPSA) is 44.8 Å². The Morgan fingerprint density at radius 2 is 1.81 bits per heavy atom. The van der Waals surface area contributed by atoms with Crippen LogP contribution in [0.2, 0.25) is 0 Å². The number of nitrogens with one attached hydrogen (secondary N) is 1. The van der Waals surface area contributed by atoms with Crippen molar-refractivity contribution in [1.29, 1.82) is 0 Å². The standard InChI is InChI=1S/C21H27N3O2/c1-3-23-12-14-24(15-13-23)20(17-8-5-4-6-9-17)21(25)22-18-10-7-11-19(16-18)26-2/h4-11,16,20H,3,12-15H2,1-2H3,(H,22,25). The van der Waals surface area contributed by atoms with E-state index in [-0.39, 0.29) is 11.9 Å². The van der Waals surface area contributed by atoms with Crippen LogP contribution in [-0.2, 0) is 4.79 Å². The number of amides is 1. The molecular weight excluding hydrogens is 326 g/mol. The molecule has 0 bridgehead atoms. The average molecular weight is 353 g/mol. The van der Waals surface area contributed by atoms with Gasteiger partial charge in [0.25, 0.3) is 0 Å². The predicted octanol–water partition coefficient (Wildman–Crippen LogP) is 3.01. The lowest BCUT2D eigenvalue weighted by Gasteiger charge is -2.38. The van der Waals surface area contributed by atoms with Crippen molar-refractivity contribution in [2.24, 2.45) is 0 Å². The Kier molecular flexibility index (Phi) is 6.26. The van der Waals surface area contributed by atoms with Gasteiger partial charge in [-0.2, -0.15) is 0 Å². The summed E-state index contributed by atoms with van der Waals surface area (Å²) in [5, 5.41) is 3.06. The molecule has 5 nitrogen and oxygen atoms in total. The minimum atomic E-state index is -0.290. The highest BCUT2D eigenvalue weighted by Gasteiger charge is 2.30. The minimum absolute atomic E-state index is 0.00518. The highest BCUT2D eigenvalue weighted by molar-refractivity contribution is 5.95. The number of hydrogen-bond acceptors (Lipinski definition) is 4. The Hall–Kier alpha value is -2.37. The summed E-state index contributed by atoms with van der Waals surface area (Å²) in [7, 11) is 1.63. The first-order valence-corrected chi connectivity index (χ1v) is 9.17. The second-order valence-corrected chi connectivity index (χ2v) is 6.50. The second kappa shape index (κ2) is 8.83. The maximum atomic E-state index is 13.2. The van der Waals surface area contributed by atoms with Gasteiger partial charge >= 0.3 is 0 Å². The lowest BCUT2D eigenvalue weighted by Crippen LogP contribution is -2.49. The van der Waals surface area contributed by atoms with Crippen LogP contribution in [0.1, 0.15) is 18.5 Å². The van der Waals surface area contributed by atoms with E-state index in [2.05, 4.69) is 22.0 Å². The number of nitrogens with zero attached hydrogens (tertiary/aromatic N) is 2. The van der Waals surface area contributed by atoms with Crippen LogP contribution in [0, 0.1) is 0 Å².